The van der Waals surface area contributed by atoms with Gasteiger partial charge in [-0.3, -0.25) is 4.79 Å². The minimum absolute atomic E-state index is 0.122. The lowest BCUT2D eigenvalue weighted by Crippen LogP contribution is -2.30. The number of nitrogens with one attached hydrogen (secondary N) is 1. The first-order chi connectivity index (χ1) is 12.9. The minimum Gasteiger partial charge on any atom is -0.493 e. The first-order valence-electron chi connectivity index (χ1n) is 8.07. The summed E-state index contributed by atoms with van der Waals surface area (Å²) in [5, 5.41) is 3.42. The maximum absolute atomic E-state index is 12.7. The first-order valence-corrected chi connectivity index (χ1v) is 8.83. The van der Waals surface area contributed by atoms with E-state index in [9.17, 15) is 9.59 Å². The molecule has 140 valence electrons. The van der Waals surface area contributed by atoms with Gasteiger partial charge in [0.05, 0.1) is 24.4 Å². The Morgan fingerprint density at radius 1 is 1.15 bits per heavy atom. The van der Waals surface area contributed by atoms with Gasteiger partial charge >= 0.3 is 6.03 Å². The molecule has 0 spiro atoms. The van der Waals surface area contributed by atoms with Crippen LogP contribution < -0.4 is 19.7 Å². The van der Waals surface area contributed by atoms with Crippen LogP contribution in [-0.2, 0) is 4.79 Å². The van der Waals surface area contributed by atoms with Gasteiger partial charge < -0.3 is 14.8 Å². The summed E-state index contributed by atoms with van der Waals surface area (Å²) in [6, 6.07) is 9.17. The second kappa shape index (κ2) is 7.90. The Hall–Kier alpha value is -2.70. The molecule has 0 unspecified atom stereocenters. The van der Waals surface area contributed by atoms with Gasteiger partial charge in [0.15, 0.2) is 11.5 Å². The van der Waals surface area contributed by atoms with E-state index in [1.165, 1.54) is 13.2 Å². The fourth-order valence-corrected chi connectivity index (χ4v) is 3.03. The molecule has 8 heteroatoms. The number of benzene rings is 2. The number of imide groups is 1. The van der Waals surface area contributed by atoms with E-state index in [0.29, 0.717) is 39.4 Å². The van der Waals surface area contributed by atoms with Crippen molar-refractivity contribution in [3.63, 3.8) is 0 Å². The molecule has 2 aromatic rings. The summed E-state index contributed by atoms with van der Waals surface area (Å²) >= 11 is 12.1. The molecule has 3 rings (SSSR count). The van der Waals surface area contributed by atoms with Crippen molar-refractivity contribution < 1.29 is 19.1 Å². The van der Waals surface area contributed by atoms with Gasteiger partial charge in [-0.1, -0.05) is 23.2 Å². The number of amides is 3. The number of anilines is 1. The Morgan fingerprint density at radius 3 is 2.48 bits per heavy atom. The molecule has 0 radical (unpaired) electrons. The second-order valence-electron chi connectivity index (χ2n) is 5.57. The van der Waals surface area contributed by atoms with Crippen LogP contribution in [0.15, 0.2) is 42.1 Å². The van der Waals surface area contributed by atoms with Crippen molar-refractivity contribution in [3.8, 4) is 11.5 Å². The molecule has 27 heavy (non-hydrogen) atoms. The normalized spacial score (nSPS) is 15.3. The first kappa shape index (κ1) is 19.1. The highest BCUT2D eigenvalue weighted by atomic mass is 35.5. The van der Waals surface area contributed by atoms with Crippen molar-refractivity contribution in [2.75, 3.05) is 18.6 Å². The molecule has 3 amide bonds. The van der Waals surface area contributed by atoms with Crippen LogP contribution in [0.2, 0.25) is 10.0 Å². The monoisotopic (exact) mass is 406 g/mol. The molecule has 6 nitrogen and oxygen atoms in total. The molecular formula is C19H16Cl2N2O4. The van der Waals surface area contributed by atoms with Crippen LogP contribution in [0.25, 0.3) is 6.08 Å². The molecule has 2 aromatic carbocycles. The van der Waals surface area contributed by atoms with E-state index < -0.39 is 11.9 Å². The summed E-state index contributed by atoms with van der Waals surface area (Å²) in [6.45, 7) is 2.27. The van der Waals surface area contributed by atoms with Gasteiger partial charge in [-0.25, -0.2) is 9.69 Å². The van der Waals surface area contributed by atoms with Crippen molar-refractivity contribution in [1.82, 2.24) is 5.32 Å². The van der Waals surface area contributed by atoms with E-state index in [0.717, 1.165) is 4.90 Å². The number of hydrogen-bond donors (Lipinski definition) is 1. The summed E-state index contributed by atoms with van der Waals surface area (Å²) in [5.41, 5.74) is 1.13. The van der Waals surface area contributed by atoms with Crippen LogP contribution >= 0.6 is 23.2 Å². The number of methoxy groups -OCH3 is 1. The van der Waals surface area contributed by atoms with E-state index in [4.69, 9.17) is 32.7 Å². The molecule has 1 N–H and O–H groups in total. The van der Waals surface area contributed by atoms with Gasteiger partial charge in [0.2, 0.25) is 0 Å². The zero-order valence-corrected chi connectivity index (χ0v) is 16.1. The lowest BCUT2D eigenvalue weighted by molar-refractivity contribution is -0.113. The van der Waals surface area contributed by atoms with Gasteiger partial charge in [-0.15, -0.1) is 0 Å². The number of ether oxygens (including phenoxy) is 2. The molecule has 1 aliphatic heterocycles. The van der Waals surface area contributed by atoms with Crippen molar-refractivity contribution in [3.05, 3.63) is 57.7 Å². The zero-order valence-electron chi connectivity index (χ0n) is 14.6. The number of nitrogens with zero attached hydrogens (tertiary/aromatic N) is 1. The molecule has 0 aromatic heterocycles. The number of rotatable bonds is 5. The van der Waals surface area contributed by atoms with Crippen molar-refractivity contribution in [2.24, 2.45) is 0 Å². The third kappa shape index (κ3) is 3.86. The molecule has 0 aliphatic carbocycles. The maximum Gasteiger partial charge on any atom is 0.333 e. The van der Waals surface area contributed by atoms with E-state index >= 15 is 0 Å². The van der Waals surface area contributed by atoms with Crippen LogP contribution in [0.5, 0.6) is 11.5 Å². The molecule has 1 saturated heterocycles. The van der Waals surface area contributed by atoms with Crippen LogP contribution in [0.3, 0.4) is 0 Å². The number of urea groups is 1. The number of carbonyl (C=O) groups excluding carboxylic acids is 2. The van der Waals surface area contributed by atoms with Crippen LogP contribution in [-0.4, -0.2) is 25.7 Å². The number of halogens is 2. The fraction of sp³-hybridized carbons (Fsp3) is 0.158. The number of carbonyl (C=O) groups is 2. The summed E-state index contributed by atoms with van der Waals surface area (Å²) < 4.78 is 10.8. The minimum atomic E-state index is -0.544. The smallest absolute Gasteiger partial charge is 0.333 e. The van der Waals surface area contributed by atoms with Gasteiger partial charge in [0.1, 0.15) is 5.70 Å². The number of hydrogen-bond acceptors (Lipinski definition) is 4. The van der Waals surface area contributed by atoms with Crippen LogP contribution in [0.1, 0.15) is 12.5 Å². The summed E-state index contributed by atoms with van der Waals surface area (Å²) in [4.78, 5) is 26.0. The Morgan fingerprint density at radius 2 is 1.85 bits per heavy atom. The molecule has 1 heterocycles. The fourth-order valence-electron chi connectivity index (χ4n) is 2.63. The van der Waals surface area contributed by atoms with Gasteiger partial charge in [-0.05, 0) is 55.0 Å². The quantitative estimate of drug-likeness (QED) is 0.586. The highest BCUT2D eigenvalue weighted by Gasteiger charge is 2.34. The molecule has 0 atom stereocenters. The van der Waals surface area contributed by atoms with Gasteiger partial charge in [-0.2, -0.15) is 0 Å². The standard InChI is InChI=1S/C19H16Cl2N2O4/c1-3-27-17-14(21)8-11(10-16(17)26-2)9-15-18(24)23(19(25)22-15)13-6-4-12(20)5-7-13/h4-10H,3H2,1-2H3,(H,22,25)/b15-9+. The lowest BCUT2D eigenvalue weighted by Gasteiger charge is -2.12. The Balaban J connectivity index is 1.94. The van der Waals surface area contributed by atoms with Crippen molar-refractivity contribution in [2.45, 2.75) is 6.92 Å². The van der Waals surface area contributed by atoms with E-state index in [-0.39, 0.29) is 5.70 Å². The highest BCUT2D eigenvalue weighted by Crippen LogP contribution is 2.37. The summed E-state index contributed by atoms with van der Waals surface area (Å²) in [5.74, 6) is 0.377. The Labute approximate surface area is 166 Å². The van der Waals surface area contributed by atoms with Gasteiger partial charge in [0.25, 0.3) is 5.91 Å². The maximum atomic E-state index is 12.7. The van der Waals surface area contributed by atoms with E-state index in [2.05, 4.69) is 5.32 Å². The molecule has 1 aliphatic rings. The zero-order chi connectivity index (χ0) is 19.6. The summed E-state index contributed by atoms with van der Waals surface area (Å²) in [6.07, 6.45) is 1.53. The Bertz CT molecular complexity index is 926. The van der Waals surface area contributed by atoms with Gasteiger partial charge in [0, 0.05) is 5.02 Å². The topological polar surface area (TPSA) is 67.9 Å². The molecule has 0 saturated carbocycles. The van der Waals surface area contributed by atoms with E-state index in [1.54, 1.807) is 36.4 Å². The lowest BCUT2D eigenvalue weighted by atomic mass is 10.1. The molecular weight excluding hydrogens is 391 g/mol. The summed E-state index contributed by atoms with van der Waals surface area (Å²) in [7, 11) is 1.50. The van der Waals surface area contributed by atoms with E-state index in [1.807, 2.05) is 6.92 Å². The van der Waals surface area contributed by atoms with Crippen LogP contribution in [0.4, 0.5) is 10.5 Å². The largest absolute Gasteiger partial charge is 0.493 e. The Kier molecular flexibility index (Phi) is 5.58. The predicted molar refractivity (Wildman–Crippen MR) is 105 cm³/mol. The van der Waals surface area contributed by atoms with Crippen molar-refractivity contribution >= 4 is 46.9 Å². The molecule has 0 bridgehead atoms. The highest BCUT2D eigenvalue weighted by molar-refractivity contribution is 6.33. The average molecular weight is 407 g/mol. The molecule has 1 fully saturated rings. The predicted octanol–water partition coefficient (Wildman–Crippen LogP) is 4.50. The third-order valence-electron chi connectivity index (χ3n) is 3.81. The second-order valence-corrected chi connectivity index (χ2v) is 6.42. The third-order valence-corrected chi connectivity index (χ3v) is 4.35. The average Bonchev–Trinajstić information content (AvgIpc) is 2.91. The van der Waals surface area contributed by atoms with Crippen molar-refractivity contribution in [1.29, 1.82) is 0 Å². The van der Waals surface area contributed by atoms with Crippen LogP contribution in [0, 0.1) is 0 Å². The SMILES string of the molecule is CCOc1c(Cl)cc(/C=C2/NC(=O)N(c3ccc(Cl)cc3)C2=O)cc1OC.